The van der Waals surface area contributed by atoms with Crippen LogP contribution in [0.3, 0.4) is 0 Å². The molecule has 0 radical (unpaired) electrons. The van der Waals surface area contributed by atoms with Crippen LogP contribution in [0, 0.1) is 0 Å². The van der Waals surface area contributed by atoms with Crippen LogP contribution >= 0.6 is 34.0 Å². The first-order valence-electron chi connectivity index (χ1n) is 15.3. The van der Waals surface area contributed by atoms with Crippen LogP contribution in [0.25, 0.3) is 30.5 Å². The summed E-state index contributed by atoms with van der Waals surface area (Å²) in [6.45, 7) is 5.77. The first kappa shape index (κ1) is 33.5. The molecule has 0 unspecified atom stereocenters. The standard InChI is InChI=1S/C26H30N2O2S3.6CH3.2Sn/c1-3-5-7-9-15-29-25-26(30-16-10-8-6-4-2)28-22-21(27-25)23(19-13-11-17-31-19)33-24(22)20-14-12-18-32-20;;;;;;;;/h11-14H,3-10,15-16H2,1-2H3;6*1H3;;. The van der Waals surface area contributed by atoms with Crippen molar-refractivity contribution in [2.75, 3.05) is 13.2 Å². The SMILES string of the molecule is CCCCCCOc1nc2c(-c3cc[c]([Sn]([CH3])([CH3])[CH3])s3)sc(-c3cc[c]([Sn]([CH3])([CH3])[CH3])s3)c2nc1OCCCCCC. The number of thiophene rings is 3. The van der Waals surface area contributed by atoms with Gasteiger partial charge in [0.25, 0.3) is 0 Å². The summed E-state index contributed by atoms with van der Waals surface area (Å²) in [5.41, 5.74) is 1.91. The van der Waals surface area contributed by atoms with Crippen molar-refractivity contribution in [3.8, 4) is 31.3 Å². The Morgan fingerprint density at radius 2 is 0.976 bits per heavy atom. The van der Waals surface area contributed by atoms with Gasteiger partial charge in [-0.2, -0.15) is 0 Å². The van der Waals surface area contributed by atoms with Crippen LogP contribution in [0.2, 0.25) is 29.6 Å². The fourth-order valence-corrected chi connectivity index (χ4v) is 18.5. The van der Waals surface area contributed by atoms with E-state index in [4.69, 9.17) is 19.4 Å². The Hall–Kier alpha value is -0.363. The van der Waals surface area contributed by atoms with E-state index < -0.39 is 36.8 Å². The van der Waals surface area contributed by atoms with Crippen LogP contribution in [0.15, 0.2) is 24.3 Å². The molecule has 0 atom stereocenters. The molecule has 0 spiro atoms. The smallest absolute Gasteiger partial charge is 0.0654 e. The summed E-state index contributed by atoms with van der Waals surface area (Å²) >= 11 is 1.39. The Labute approximate surface area is 268 Å². The van der Waals surface area contributed by atoms with Gasteiger partial charge in [0.05, 0.1) is 0 Å². The van der Waals surface area contributed by atoms with Gasteiger partial charge in [-0.15, -0.1) is 0 Å². The molecule has 0 aliphatic carbocycles. The van der Waals surface area contributed by atoms with E-state index in [1.54, 1.807) is 5.79 Å². The van der Waals surface area contributed by atoms with Crippen molar-refractivity contribution in [1.29, 1.82) is 0 Å². The maximum absolute atomic E-state index is 6.31. The summed E-state index contributed by atoms with van der Waals surface area (Å²) < 4.78 is 15.8. The van der Waals surface area contributed by atoms with Crippen molar-refractivity contribution in [2.24, 2.45) is 0 Å². The molecule has 9 heteroatoms. The quantitative estimate of drug-likeness (QED) is 0.0834. The van der Waals surface area contributed by atoms with Crippen molar-refractivity contribution < 1.29 is 9.47 Å². The van der Waals surface area contributed by atoms with Gasteiger partial charge < -0.3 is 0 Å². The van der Waals surface area contributed by atoms with Crippen LogP contribution in [-0.2, 0) is 0 Å². The molecule has 4 nitrogen and oxygen atoms in total. The minimum absolute atomic E-state index is 0.555. The average Bonchev–Trinajstić information content (AvgIpc) is 3.66. The Morgan fingerprint density at radius 3 is 1.32 bits per heavy atom. The normalized spacial score (nSPS) is 12.4. The molecular formula is C32H48N2O2S3Sn2. The Kier molecular flexibility index (Phi) is 12.3. The van der Waals surface area contributed by atoms with Crippen LogP contribution in [0.4, 0.5) is 0 Å². The van der Waals surface area contributed by atoms with E-state index in [0.717, 1.165) is 23.9 Å². The number of fused-ring (bicyclic) bond motifs is 1. The molecule has 0 fully saturated rings. The molecule has 4 aromatic heterocycles. The fourth-order valence-electron chi connectivity index (χ4n) is 4.56. The van der Waals surface area contributed by atoms with Crippen LogP contribution in [0.1, 0.15) is 65.2 Å². The summed E-state index contributed by atoms with van der Waals surface area (Å²) in [6, 6.07) is 9.36. The zero-order valence-corrected chi connectivity index (χ0v) is 34.5. The van der Waals surface area contributed by atoms with Gasteiger partial charge in [0, 0.05) is 0 Å². The molecule has 0 bridgehead atoms. The Bertz CT molecular complexity index is 1310. The molecule has 4 heterocycles. The molecule has 0 aromatic carbocycles. The summed E-state index contributed by atoms with van der Waals surface area (Å²) in [5, 5.41) is 0. The Balaban J connectivity index is 1.81. The van der Waals surface area contributed by atoms with Crippen molar-refractivity contribution in [2.45, 2.75) is 94.9 Å². The van der Waals surface area contributed by atoms with E-state index in [9.17, 15) is 0 Å². The van der Waals surface area contributed by atoms with Gasteiger partial charge in [0.15, 0.2) is 0 Å². The van der Waals surface area contributed by atoms with Gasteiger partial charge in [0.1, 0.15) is 0 Å². The monoisotopic (exact) mass is 828 g/mol. The fraction of sp³-hybridized carbons (Fsp3) is 0.562. The second-order valence-electron chi connectivity index (χ2n) is 12.9. The summed E-state index contributed by atoms with van der Waals surface area (Å²) in [6.07, 6.45) is 9.27. The molecule has 224 valence electrons. The van der Waals surface area contributed by atoms with Crippen LogP contribution < -0.4 is 15.3 Å². The number of hydrogen-bond donors (Lipinski definition) is 0. The molecular weight excluding hydrogens is 778 g/mol. The second kappa shape index (κ2) is 15.1. The van der Waals surface area contributed by atoms with Gasteiger partial charge in [-0.1, -0.05) is 26.7 Å². The zero-order valence-electron chi connectivity index (χ0n) is 26.3. The molecule has 0 amide bonds. The number of hydrogen-bond acceptors (Lipinski definition) is 7. The van der Waals surface area contributed by atoms with Gasteiger partial charge in [-0.25, -0.2) is 0 Å². The number of nitrogens with zero attached hydrogens (tertiary/aromatic N) is 2. The minimum Gasteiger partial charge on any atom is -0.0654 e. The van der Waals surface area contributed by atoms with Crippen molar-refractivity contribution in [1.82, 2.24) is 9.97 Å². The first-order valence-corrected chi connectivity index (χ1v) is 37.8. The average molecular weight is 826 g/mol. The number of unbranched alkanes of at least 4 members (excludes halogenated alkanes) is 6. The molecule has 0 saturated carbocycles. The first-order chi connectivity index (χ1) is 19.5. The van der Waals surface area contributed by atoms with Gasteiger partial charge in [0.2, 0.25) is 0 Å². The molecule has 0 saturated heterocycles. The molecule has 4 rings (SSSR count). The second-order valence-corrected chi connectivity index (χ2v) is 47.0. The molecule has 0 N–H and O–H groups in total. The van der Waals surface area contributed by atoms with E-state index in [-0.39, 0.29) is 0 Å². The van der Waals surface area contributed by atoms with E-state index in [1.807, 2.05) is 34.0 Å². The van der Waals surface area contributed by atoms with E-state index in [1.165, 1.54) is 58.0 Å². The zero-order chi connectivity index (χ0) is 29.6. The van der Waals surface area contributed by atoms with Gasteiger partial charge in [-0.05, 0) is 0 Å². The predicted octanol–water partition coefficient (Wildman–Crippen LogP) is 10.2. The topological polar surface area (TPSA) is 44.2 Å². The van der Waals surface area contributed by atoms with Crippen LogP contribution in [0.5, 0.6) is 11.8 Å². The summed E-state index contributed by atoms with van der Waals surface area (Å²) in [7, 11) is 0. The van der Waals surface area contributed by atoms with Gasteiger partial charge >= 0.3 is 244 Å². The van der Waals surface area contributed by atoms with E-state index in [2.05, 4.69) is 67.8 Å². The maximum atomic E-state index is 6.31. The number of aromatic nitrogens is 2. The molecule has 4 aromatic rings. The third-order valence-electron chi connectivity index (χ3n) is 7.08. The van der Waals surface area contributed by atoms with E-state index >= 15 is 0 Å². The molecule has 0 aliphatic heterocycles. The Morgan fingerprint density at radius 1 is 0.561 bits per heavy atom. The number of ether oxygens (including phenoxy) is 2. The molecule has 41 heavy (non-hydrogen) atoms. The van der Waals surface area contributed by atoms with Crippen molar-refractivity contribution in [3.05, 3.63) is 24.3 Å². The van der Waals surface area contributed by atoms with Crippen molar-refractivity contribution in [3.63, 3.8) is 0 Å². The van der Waals surface area contributed by atoms with Crippen LogP contribution in [-0.4, -0.2) is 59.9 Å². The summed E-state index contributed by atoms with van der Waals surface area (Å²) in [4.78, 5) is 30.4. The van der Waals surface area contributed by atoms with Gasteiger partial charge in [-0.3, -0.25) is 0 Å². The van der Waals surface area contributed by atoms with Crippen molar-refractivity contribution >= 4 is 87.6 Å². The number of rotatable bonds is 16. The third kappa shape index (κ3) is 8.85. The summed E-state index contributed by atoms with van der Waals surface area (Å²) in [5.74, 6) is 1.11. The molecule has 0 aliphatic rings. The third-order valence-corrected chi connectivity index (χ3v) is 29.8. The predicted molar refractivity (Wildman–Crippen MR) is 189 cm³/mol. The minimum atomic E-state index is -2.19. The van der Waals surface area contributed by atoms with E-state index in [0.29, 0.717) is 25.0 Å².